The van der Waals surface area contributed by atoms with Gasteiger partial charge < -0.3 is 9.73 Å². The van der Waals surface area contributed by atoms with E-state index in [4.69, 9.17) is 4.42 Å². The van der Waals surface area contributed by atoms with Crippen LogP contribution in [0.25, 0.3) is 0 Å². The fourth-order valence-electron chi connectivity index (χ4n) is 3.21. The van der Waals surface area contributed by atoms with Gasteiger partial charge in [-0.2, -0.15) is 0 Å². The van der Waals surface area contributed by atoms with Crippen molar-refractivity contribution in [2.45, 2.75) is 45.1 Å². The molecule has 0 bridgehead atoms. The van der Waals surface area contributed by atoms with Crippen LogP contribution in [0.15, 0.2) is 16.5 Å². The second-order valence-corrected chi connectivity index (χ2v) is 6.40. The number of carbonyl (C=O) groups is 1. The van der Waals surface area contributed by atoms with Crippen molar-refractivity contribution >= 4 is 5.91 Å². The van der Waals surface area contributed by atoms with Crippen LogP contribution in [-0.2, 0) is 17.6 Å². The highest BCUT2D eigenvalue weighted by molar-refractivity contribution is 5.79. The van der Waals surface area contributed by atoms with E-state index in [1.165, 1.54) is 0 Å². The Morgan fingerprint density at radius 2 is 1.96 bits per heavy atom. The molecule has 0 spiro atoms. The van der Waals surface area contributed by atoms with Crippen LogP contribution in [0.1, 0.15) is 36.6 Å². The van der Waals surface area contributed by atoms with Gasteiger partial charge >= 0.3 is 0 Å². The van der Waals surface area contributed by atoms with Gasteiger partial charge in [-0.1, -0.05) is 0 Å². The number of carbonyl (C=O) groups excluding carboxylic acids is 1. The molecule has 25 heavy (non-hydrogen) atoms. The van der Waals surface area contributed by atoms with Crippen LogP contribution in [0.4, 0.5) is 13.2 Å². The lowest BCUT2D eigenvalue weighted by Gasteiger charge is -2.13. The molecule has 1 heterocycles. The van der Waals surface area contributed by atoms with Crippen LogP contribution in [0.5, 0.6) is 0 Å². The second kappa shape index (κ2) is 7.25. The Bertz CT molecular complexity index is 778. The third-order valence-electron chi connectivity index (χ3n) is 4.38. The minimum Gasteiger partial charge on any atom is -0.426 e. The summed E-state index contributed by atoms with van der Waals surface area (Å²) in [5.41, 5.74) is -0.160. The summed E-state index contributed by atoms with van der Waals surface area (Å²) in [4.78, 5) is 12.1. The molecule has 0 unspecified atom stereocenters. The lowest BCUT2D eigenvalue weighted by Crippen LogP contribution is -2.34. The first kappa shape index (κ1) is 17.4. The van der Waals surface area contributed by atoms with Gasteiger partial charge in [0, 0.05) is 31.0 Å². The summed E-state index contributed by atoms with van der Waals surface area (Å²) >= 11 is 0. The highest BCUT2D eigenvalue weighted by Gasteiger charge is 2.27. The molecule has 0 aliphatic heterocycles. The molecule has 1 aromatic heterocycles. The van der Waals surface area contributed by atoms with Crippen molar-refractivity contribution in [3.8, 4) is 0 Å². The molecular formula is C17H18F3N3O2. The third-order valence-corrected chi connectivity index (χ3v) is 4.38. The molecule has 1 aromatic carbocycles. The van der Waals surface area contributed by atoms with Gasteiger partial charge in [0.15, 0.2) is 11.6 Å². The number of aromatic nitrogens is 2. The molecule has 0 saturated heterocycles. The van der Waals surface area contributed by atoms with E-state index in [9.17, 15) is 18.0 Å². The molecule has 1 aliphatic carbocycles. The van der Waals surface area contributed by atoms with Crippen molar-refractivity contribution in [3.63, 3.8) is 0 Å². The van der Waals surface area contributed by atoms with Crippen LogP contribution in [0.2, 0.25) is 0 Å². The van der Waals surface area contributed by atoms with Crippen LogP contribution in [0, 0.1) is 30.3 Å². The third kappa shape index (κ3) is 4.37. The number of nitrogens with one attached hydrogen (secondary N) is 1. The molecule has 3 rings (SSSR count). The average Bonchev–Trinajstić information content (AvgIpc) is 3.14. The maximum Gasteiger partial charge on any atom is 0.224 e. The van der Waals surface area contributed by atoms with Gasteiger partial charge in [0.05, 0.1) is 6.42 Å². The van der Waals surface area contributed by atoms with Crippen molar-refractivity contribution in [2.75, 3.05) is 0 Å². The standard InChI is InChI=1S/C17H18F3N3O2/c1-9-22-23-17(25-9)5-10-2-3-12(4-10)21-16(24)7-11-6-14(19)15(20)8-13(11)18/h6,8,10,12H,2-5,7H2,1H3,(H,21,24)/t10-,12+/m1/s1. The molecule has 5 nitrogen and oxygen atoms in total. The van der Waals surface area contributed by atoms with Gasteiger partial charge in [0.2, 0.25) is 17.7 Å². The first-order chi connectivity index (χ1) is 11.9. The van der Waals surface area contributed by atoms with E-state index in [1.807, 2.05) is 0 Å². The summed E-state index contributed by atoms with van der Waals surface area (Å²) in [7, 11) is 0. The predicted octanol–water partition coefficient (Wildman–Crippen LogP) is 2.87. The van der Waals surface area contributed by atoms with Gasteiger partial charge in [-0.05, 0) is 31.2 Å². The number of rotatable bonds is 5. The summed E-state index contributed by atoms with van der Waals surface area (Å²) in [5.74, 6) is -2.35. The molecule has 2 aromatic rings. The Balaban J connectivity index is 1.51. The van der Waals surface area contributed by atoms with Gasteiger partial charge in [-0.15, -0.1) is 10.2 Å². The Kier molecular flexibility index (Phi) is 5.06. The van der Waals surface area contributed by atoms with E-state index in [-0.39, 0.29) is 18.0 Å². The van der Waals surface area contributed by atoms with Gasteiger partial charge in [0.1, 0.15) is 5.82 Å². The van der Waals surface area contributed by atoms with Crippen molar-refractivity contribution in [3.05, 3.63) is 46.9 Å². The van der Waals surface area contributed by atoms with Gasteiger partial charge in [-0.3, -0.25) is 4.79 Å². The molecule has 1 N–H and O–H groups in total. The first-order valence-electron chi connectivity index (χ1n) is 8.12. The fraction of sp³-hybridized carbons (Fsp3) is 0.471. The highest BCUT2D eigenvalue weighted by Crippen LogP contribution is 2.28. The number of amides is 1. The zero-order valence-electron chi connectivity index (χ0n) is 13.7. The van der Waals surface area contributed by atoms with Crippen LogP contribution in [0.3, 0.4) is 0 Å². The maximum absolute atomic E-state index is 13.6. The monoisotopic (exact) mass is 353 g/mol. The Labute approximate surface area is 142 Å². The van der Waals surface area contributed by atoms with Crippen LogP contribution >= 0.6 is 0 Å². The van der Waals surface area contributed by atoms with Crippen molar-refractivity contribution in [1.29, 1.82) is 0 Å². The highest BCUT2D eigenvalue weighted by atomic mass is 19.2. The zero-order valence-corrected chi connectivity index (χ0v) is 13.7. The summed E-state index contributed by atoms with van der Waals surface area (Å²) in [6.45, 7) is 1.73. The number of hydrogen-bond acceptors (Lipinski definition) is 4. The summed E-state index contributed by atoms with van der Waals surface area (Å²) in [6.07, 6.45) is 2.79. The van der Waals surface area contributed by atoms with Crippen molar-refractivity contribution in [2.24, 2.45) is 5.92 Å². The summed E-state index contributed by atoms with van der Waals surface area (Å²) in [6, 6.07) is 1.14. The van der Waals surface area contributed by atoms with Crippen LogP contribution in [-0.4, -0.2) is 22.1 Å². The number of aryl methyl sites for hydroxylation is 1. The molecule has 1 fully saturated rings. The molecule has 1 saturated carbocycles. The van der Waals surface area contributed by atoms with E-state index >= 15 is 0 Å². The Hall–Kier alpha value is -2.38. The fourth-order valence-corrected chi connectivity index (χ4v) is 3.21. The molecule has 8 heteroatoms. The average molecular weight is 353 g/mol. The van der Waals surface area contributed by atoms with Gasteiger partial charge in [-0.25, -0.2) is 13.2 Å². The van der Waals surface area contributed by atoms with E-state index < -0.39 is 23.4 Å². The summed E-state index contributed by atoms with van der Waals surface area (Å²) in [5, 5.41) is 10.6. The molecule has 1 amide bonds. The SMILES string of the molecule is Cc1nnc(C[C@@H]2CC[C@H](NC(=O)Cc3cc(F)c(F)cc3F)C2)o1. The number of hydrogen-bond donors (Lipinski definition) is 1. The molecular weight excluding hydrogens is 335 g/mol. The lowest BCUT2D eigenvalue weighted by atomic mass is 10.0. The molecule has 2 atom stereocenters. The normalized spacial score (nSPS) is 20.0. The maximum atomic E-state index is 13.6. The number of halogens is 3. The van der Waals surface area contributed by atoms with Crippen LogP contribution < -0.4 is 5.32 Å². The smallest absolute Gasteiger partial charge is 0.224 e. The predicted molar refractivity (Wildman–Crippen MR) is 82.0 cm³/mol. The second-order valence-electron chi connectivity index (χ2n) is 6.40. The zero-order chi connectivity index (χ0) is 18.0. The minimum atomic E-state index is -1.27. The van der Waals surface area contributed by atoms with E-state index in [0.29, 0.717) is 30.2 Å². The summed E-state index contributed by atoms with van der Waals surface area (Å²) < 4.78 is 45.1. The van der Waals surface area contributed by atoms with Crippen molar-refractivity contribution < 1.29 is 22.4 Å². The topological polar surface area (TPSA) is 68.0 Å². The van der Waals surface area contributed by atoms with E-state index in [1.54, 1.807) is 6.92 Å². The largest absolute Gasteiger partial charge is 0.426 e. The first-order valence-corrected chi connectivity index (χ1v) is 8.12. The molecule has 0 radical (unpaired) electrons. The quantitative estimate of drug-likeness (QED) is 0.840. The number of nitrogens with zero attached hydrogens (tertiary/aromatic N) is 2. The lowest BCUT2D eigenvalue weighted by molar-refractivity contribution is -0.121. The van der Waals surface area contributed by atoms with Crippen molar-refractivity contribution in [1.82, 2.24) is 15.5 Å². The molecule has 1 aliphatic rings. The Morgan fingerprint density at radius 3 is 2.68 bits per heavy atom. The molecule has 134 valence electrons. The van der Waals surface area contributed by atoms with E-state index in [0.717, 1.165) is 25.3 Å². The Morgan fingerprint density at radius 1 is 1.20 bits per heavy atom. The van der Waals surface area contributed by atoms with E-state index in [2.05, 4.69) is 15.5 Å². The minimum absolute atomic E-state index is 0.0325. The number of benzene rings is 1. The van der Waals surface area contributed by atoms with Gasteiger partial charge in [0.25, 0.3) is 0 Å².